The molecule has 14 heavy (non-hydrogen) atoms. The zero-order valence-electron chi connectivity index (χ0n) is 7.89. The summed E-state index contributed by atoms with van der Waals surface area (Å²) in [7, 11) is 0. The van der Waals surface area contributed by atoms with Crippen LogP contribution in [0.25, 0.3) is 0 Å². The number of aliphatic hydroxyl groups is 1. The Kier molecular flexibility index (Phi) is 3.76. The van der Waals surface area contributed by atoms with Gasteiger partial charge in [0.05, 0.1) is 16.1 Å². The summed E-state index contributed by atoms with van der Waals surface area (Å²) in [4.78, 5) is 0. The van der Waals surface area contributed by atoms with Gasteiger partial charge < -0.3 is 5.11 Å². The molecule has 0 saturated carbocycles. The van der Waals surface area contributed by atoms with Gasteiger partial charge in [-0.05, 0) is 23.6 Å². The molecule has 1 aromatic rings. The number of hydrogen-bond donors (Lipinski definition) is 1. The molecule has 0 fully saturated rings. The summed E-state index contributed by atoms with van der Waals surface area (Å²) in [5, 5.41) is 9.57. The predicted molar refractivity (Wildman–Crippen MR) is 56.2 cm³/mol. The predicted octanol–water partition coefficient (Wildman–Crippen LogP) is 3.82. The second-order valence-corrected chi connectivity index (χ2v) is 4.30. The van der Waals surface area contributed by atoms with Crippen molar-refractivity contribution in [1.82, 2.24) is 0 Å². The highest BCUT2D eigenvalue weighted by Crippen LogP contribution is 2.30. The number of hydrogen-bond acceptors (Lipinski definition) is 1. The molecular formula is C10H11Cl2FO. The van der Waals surface area contributed by atoms with E-state index in [1.54, 1.807) is 0 Å². The second kappa shape index (κ2) is 4.47. The normalized spacial score (nSPS) is 13.4. The Hall–Kier alpha value is -0.310. The molecule has 0 spiro atoms. The van der Waals surface area contributed by atoms with Crippen LogP contribution in [0.4, 0.5) is 4.39 Å². The molecule has 1 N–H and O–H groups in total. The van der Waals surface area contributed by atoms with Crippen LogP contribution in [0, 0.1) is 11.7 Å². The van der Waals surface area contributed by atoms with Gasteiger partial charge in [-0.15, -0.1) is 0 Å². The highest BCUT2D eigenvalue weighted by molar-refractivity contribution is 6.35. The first kappa shape index (κ1) is 11.8. The summed E-state index contributed by atoms with van der Waals surface area (Å²) in [6.45, 7) is 3.71. The molecule has 1 atom stereocenters. The maximum Gasteiger partial charge on any atom is 0.160 e. The molecule has 0 aromatic heterocycles. The quantitative estimate of drug-likeness (QED) is 0.775. The average molecular weight is 237 g/mol. The van der Waals surface area contributed by atoms with Crippen molar-refractivity contribution in [2.45, 2.75) is 20.0 Å². The Morgan fingerprint density at radius 1 is 1.21 bits per heavy atom. The molecule has 0 aliphatic carbocycles. The van der Waals surface area contributed by atoms with Gasteiger partial charge in [0.25, 0.3) is 0 Å². The Balaban J connectivity index is 3.12. The Labute approximate surface area is 92.5 Å². The number of halogens is 3. The van der Waals surface area contributed by atoms with E-state index in [1.165, 1.54) is 12.1 Å². The zero-order chi connectivity index (χ0) is 10.9. The van der Waals surface area contributed by atoms with Crippen LogP contribution in [0.2, 0.25) is 10.0 Å². The fraction of sp³-hybridized carbons (Fsp3) is 0.400. The number of aliphatic hydroxyl groups excluding tert-OH is 1. The van der Waals surface area contributed by atoms with Crippen molar-refractivity contribution in [2.24, 2.45) is 5.92 Å². The van der Waals surface area contributed by atoms with E-state index in [0.717, 1.165) is 0 Å². The molecule has 1 rings (SSSR count). The van der Waals surface area contributed by atoms with E-state index < -0.39 is 11.9 Å². The smallest absolute Gasteiger partial charge is 0.160 e. The van der Waals surface area contributed by atoms with Crippen LogP contribution in [-0.4, -0.2) is 5.11 Å². The van der Waals surface area contributed by atoms with Crippen LogP contribution >= 0.6 is 23.2 Å². The van der Waals surface area contributed by atoms with Crippen LogP contribution in [0.1, 0.15) is 25.5 Å². The van der Waals surface area contributed by atoms with E-state index in [1.807, 2.05) is 13.8 Å². The van der Waals surface area contributed by atoms with Crippen molar-refractivity contribution in [3.63, 3.8) is 0 Å². The van der Waals surface area contributed by atoms with Gasteiger partial charge in [-0.1, -0.05) is 37.0 Å². The molecule has 1 nitrogen and oxygen atoms in total. The van der Waals surface area contributed by atoms with Crippen LogP contribution in [0.3, 0.4) is 0 Å². The first-order valence-electron chi connectivity index (χ1n) is 4.26. The van der Waals surface area contributed by atoms with Crippen LogP contribution in [-0.2, 0) is 0 Å². The molecule has 0 aliphatic rings. The van der Waals surface area contributed by atoms with Gasteiger partial charge in [-0.2, -0.15) is 0 Å². The molecule has 78 valence electrons. The molecule has 0 amide bonds. The van der Waals surface area contributed by atoms with Crippen LogP contribution < -0.4 is 0 Å². The van der Waals surface area contributed by atoms with E-state index in [-0.39, 0.29) is 16.0 Å². The van der Waals surface area contributed by atoms with Crippen LogP contribution in [0.5, 0.6) is 0 Å². The maximum atomic E-state index is 13.0. The molecular weight excluding hydrogens is 226 g/mol. The molecule has 0 aliphatic heterocycles. The van der Waals surface area contributed by atoms with Crippen molar-refractivity contribution >= 4 is 23.2 Å². The fourth-order valence-electron chi connectivity index (χ4n) is 1.13. The summed E-state index contributed by atoms with van der Waals surface area (Å²) >= 11 is 11.2. The third kappa shape index (κ3) is 2.38. The van der Waals surface area contributed by atoms with Gasteiger partial charge in [0.15, 0.2) is 5.82 Å². The monoisotopic (exact) mass is 236 g/mol. The highest BCUT2D eigenvalue weighted by atomic mass is 35.5. The van der Waals surface area contributed by atoms with Crippen molar-refractivity contribution in [2.75, 3.05) is 0 Å². The van der Waals surface area contributed by atoms with Crippen molar-refractivity contribution in [1.29, 1.82) is 0 Å². The minimum Gasteiger partial charge on any atom is -0.388 e. The van der Waals surface area contributed by atoms with Crippen LogP contribution in [0.15, 0.2) is 12.1 Å². The topological polar surface area (TPSA) is 20.2 Å². The molecule has 4 heteroatoms. The summed E-state index contributed by atoms with van der Waals surface area (Å²) in [5.41, 5.74) is 0.538. The molecule has 0 bridgehead atoms. The molecule has 0 saturated heterocycles. The van der Waals surface area contributed by atoms with E-state index >= 15 is 0 Å². The van der Waals surface area contributed by atoms with E-state index in [0.29, 0.717) is 5.56 Å². The lowest BCUT2D eigenvalue weighted by atomic mass is 9.99. The van der Waals surface area contributed by atoms with Crippen molar-refractivity contribution < 1.29 is 9.50 Å². The summed E-state index contributed by atoms with van der Waals surface area (Å²) in [5.74, 6) is -0.611. The lowest BCUT2D eigenvalue weighted by Gasteiger charge is -2.15. The standard InChI is InChI=1S/C10H11Cl2FO/c1-5(2)10(14)6-3-7(11)9(13)8(12)4-6/h3-5,10,14H,1-2H3. The third-order valence-electron chi connectivity index (χ3n) is 1.98. The van der Waals surface area contributed by atoms with Gasteiger partial charge in [0, 0.05) is 0 Å². The fourth-order valence-corrected chi connectivity index (χ4v) is 1.63. The minimum absolute atomic E-state index is 0.0348. The van der Waals surface area contributed by atoms with Crippen molar-refractivity contribution in [3.05, 3.63) is 33.6 Å². The first-order chi connectivity index (χ1) is 6.43. The SMILES string of the molecule is CC(C)C(O)c1cc(Cl)c(F)c(Cl)c1. The van der Waals surface area contributed by atoms with Gasteiger partial charge in [0.1, 0.15) is 0 Å². The van der Waals surface area contributed by atoms with Gasteiger partial charge in [-0.3, -0.25) is 0 Å². The maximum absolute atomic E-state index is 13.0. The van der Waals surface area contributed by atoms with Gasteiger partial charge in [0.2, 0.25) is 0 Å². The van der Waals surface area contributed by atoms with E-state index in [9.17, 15) is 9.50 Å². The summed E-state index contributed by atoms with van der Waals surface area (Å²) in [6.07, 6.45) is -0.675. The lowest BCUT2D eigenvalue weighted by Crippen LogP contribution is -2.05. The molecule has 0 heterocycles. The Morgan fingerprint density at radius 3 is 2.00 bits per heavy atom. The minimum atomic E-state index is -0.675. The lowest BCUT2D eigenvalue weighted by molar-refractivity contribution is 0.127. The summed E-state index contributed by atoms with van der Waals surface area (Å²) in [6, 6.07) is 2.79. The van der Waals surface area contributed by atoms with E-state index in [4.69, 9.17) is 23.2 Å². The average Bonchev–Trinajstić information content (AvgIpc) is 2.12. The van der Waals surface area contributed by atoms with Gasteiger partial charge >= 0.3 is 0 Å². The zero-order valence-corrected chi connectivity index (χ0v) is 9.40. The number of benzene rings is 1. The second-order valence-electron chi connectivity index (χ2n) is 3.49. The molecule has 1 unspecified atom stereocenters. The molecule has 1 aromatic carbocycles. The van der Waals surface area contributed by atoms with Gasteiger partial charge in [-0.25, -0.2) is 4.39 Å². The number of rotatable bonds is 2. The Bertz CT molecular complexity index is 316. The first-order valence-corrected chi connectivity index (χ1v) is 5.01. The molecule has 0 radical (unpaired) electrons. The third-order valence-corrected chi connectivity index (χ3v) is 2.53. The summed E-state index contributed by atoms with van der Waals surface area (Å²) < 4.78 is 13.0. The largest absolute Gasteiger partial charge is 0.388 e. The van der Waals surface area contributed by atoms with E-state index in [2.05, 4.69) is 0 Å². The highest BCUT2D eigenvalue weighted by Gasteiger charge is 2.15. The Morgan fingerprint density at radius 2 is 1.64 bits per heavy atom. The van der Waals surface area contributed by atoms with Crippen molar-refractivity contribution in [3.8, 4) is 0 Å².